The second kappa shape index (κ2) is 7.24. The average Bonchev–Trinajstić information content (AvgIpc) is 0.722. The molecular weight excluding hydrogens is 248 g/mol. The Morgan fingerprint density at radius 3 is 1.43 bits per heavy atom. The van der Waals surface area contributed by atoms with Crippen molar-refractivity contribution in [3.8, 4) is 0 Å². The molecule has 0 bridgehead atoms. The zero-order valence-electron chi connectivity index (χ0n) is 4.12. The average molecular weight is 249 g/mol. The van der Waals surface area contributed by atoms with Gasteiger partial charge in [0.05, 0.1) is 0 Å². The molecule has 0 radical (unpaired) electrons. The fourth-order valence-electron chi connectivity index (χ4n) is 0. The predicted octanol–water partition coefficient (Wildman–Crippen LogP) is -9.43. The Labute approximate surface area is 111 Å². The first kappa shape index (κ1) is 16.6. The van der Waals surface area contributed by atoms with Gasteiger partial charge in [0.2, 0.25) is 0 Å². The first-order chi connectivity index (χ1) is 2.00. The van der Waals surface area contributed by atoms with Crippen molar-refractivity contribution in [3.05, 3.63) is 0 Å². The molecule has 0 rings (SSSR count). The third kappa shape index (κ3) is 47.3. The van der Waals surface area contributed by atoms with Crippen LogP contribution in [0.25, 0.3) is 0 Å². The summed E-state index contributed by atoms with van der Waals surface area (Å²) < 4.78 is 33.3. The maximum absolute atomic E-state index is 8.75. The molecule has 7 heteroatoms. The van der Waals surface area contributed by atoms with Gasteiger partial charge in [0, 0.05) is 0 Å². The van der Waals surface area contributed by atoms with Crippen LogP contribution in [0.15, 0.2) is 0 Å². The third-order valence-corrected chi connectivity index (χ3v) is 0. The van der Waals surface area contributed by atoms with E-state index in [1.165, 1.54) is 0 Å². The summed E-state index contributed by atoms with van der Waals surface area (Å²) in [6.45, 7) is 0. The second-order valence-electron chi connectivity index (χ2n) is 0.469. The molecule has 0 unspecified atom stereocenters. The number of hydrogen-bond acceptors (Lipinski definition) is 3. The van der Waals surface area contributed by atoms with Crippen LogP contribution in [0.2, 0.25) is 0 Å². The van der Waals surface area contributed by atoms with E-state index in [1.54, 1.807) is 0 Å². The Morgan fingerprint density at radius 2 is 1.43 bits per heavy atom. The van der Waals surface area contributed by atoms with E-state index in [2.05, 4.69) is 0 Å². The van der Waals surface area contributed by atoms with Crippen molar-refractivity contribution in [3.63, 3.8) is 0 Å². The number of rotatable bonds is 0. The predicted molar refractivity (Wildman–Crippen MR) is 8.66 cm³/mol. The van der Waals surface area contributed by atoms with Gasteiger partial charge < -0.3 is 0 Å². The summed E-state index contributed by atoms with van der Waals surface area (Å²) in [4.78, 5) is 0. The minimum absolute atomic E-state index is 0. The zero-order chi connectivity index (χ0) is 4.50. The second-order valence-corrected chi connectivity index (χ2v) is 3.14. The van der Waals surface area contributed by atoms with Crippen molar-refractivity contribution in [1.82, 2.24) is 0 Å². The van der Waals surface area contributed by atoms with Gasteiger partial charge in [-0.05, 0) is 0 Å². The molecule has 0 atom stereocenters. The summed E-state index contributed by atoms with van der Waals surface area (Å²) in [6, 6.07) is 0. The summed E-state index contributed by atoms with van der Waals surface area (Å²) >= 11 is -5.85. The Hall–Kier alpha value is 3.13. The van der Waals surface area contributed by atoms with Crippen molar-refractivity contribution in [1.29, 1.82) is 0 Å². The summed E-state index contributed by atoms with van der Waals surface area (Å²) in [6.07, 6.45) is 0. The molecule has 1 N–H and O–H groups in total. The van der Waals surface area contributed by atoms with Crippen molar-refractivity contribution in [2.45, 2.75) is 0 Å². The molecule has 0 aromatic heterocycles. The fraction of sp³-hybridized carbons (Fsp3) is 0. The zero-order valence-corrected chi connectivity index (χ0v) is 11.8. The van der Waals surface area contributed by atoms with Crippen LogP contribution in [0, 0.1) is 0 Å². The van der Waals surface area contributed by atoms with Gasteiger partial charge in [0.1, 0.15) is 0 Å². The van der Waals surface area contributed by atoms with Crippen LogP contribution in [0.5, 0.6) is 0 Å². The van der Waals surface area contributed by atoms with Crippen LogP contribution < -0.4 is 87.7 Å². The van der Waals surface area contributed by atoms with Gasteiger partial charge in [0.15, 0.2) is 0 Å². The van der Waals surface area contributed by atoms with Crippen LogP contribution in [0.1, 0.15) is 0 Å². The molecule has 0 aliphatic heterocycles. The van der Waals surface area contributed by atoms with Crippen LogP contribution in [-0.4, -0.2) is 23.4 Å². The summed E-state index contributed by atoms with van der Waals surface area (Å²) in [7, 11) is 0. The van der Waals surface area contributed by atoms with E-state index in [4.69, 9.17) is 13.2 Å². The van der Waals surface area contributed by atoms with Crippen LogP contribution in [0.4, 0.5) is 0 Å². The molecule has 0 spiro atoms. The minimum atomic E-state index is -5.85. The van der Waals surface area contributed by atoms with E-state index in [0.717, 1.165) is 0 Å². The molecule has 0 amide bonds. The molecule has 0 aliphatic rings. The molecule has 0 fully saturated rings. The third-order valence-electron chi connectivity index (χ3n) is 0. The number of hydrogen-bond donors (Lipinski definition) is 1. The van der Waals surface area contributed by atoms with E-state index in [0.29, 0.717) is 0 Å². The van der Waals surface area contributed by atoms with Crippen molar-refractivity contribution in [2.24, 2.45) is 0 Å². The monoisotopic (exact) mass is 248 g/mol. The van der Waals surface area contributed by atoms with Crippen LogP contribution in [0.3, 0.4) is 0 Å². The van der Waals surface area contributed by atoms with E-state index in [-0.39, 0.29) is 80.9 Å². The van der Waals surface area contributed by atoms with E-state index < -0.39 is 20.1 Å². The van der Waals surface area contributed by atoms with Gasteiger partial charge >= 0.3 is 114 Å². The van der Waals surface area contributed by atoms with E-state index >= 15 is 0 Å². The van der Waals surface area contributed by atoms with Crippen molar-refractivity contribution < 1.29 is 94.1 Å². The molecular formula is HKNaO4Sb. The van der Waals surface area contributed by atoms with Gasteiger partial charge in [-0.3, -0.25) is 0 Å². The molecule has 4 nitrogen and oxygen atoms in total. The first-order valence-corrected chi connectivity index (χ1v) is 5.02. The first-order valence-electron chi connectivity index (χ1n) is 0.748. The fourth-order valence-corrected chi connectivity index (χ4v) is 0. The van der Waals surface area contributed by atoms with Gasteiger partial charge in [-0.25, -0.2) is 0 Å². The molecule has 0 aliphatic carbocycles. The standard InChI is InChI=1S/K.Na.H2O.3O.Sb/h;;1H2;;;;/q2*+1;;;2*-1;+1/p-1. The normalized spacial score (nSPS) is 8.43. The topological polar surface area (TPSA) is 83.4 Å². The Balaban J connectivity index is -0.0000000800. The summed E-state index contributed by atoms with van der Waals surface area (Å²) in [5.41, 5.74) is 0. The summed E-state index contributed by atoms with van der Waals surface area (Å²) in [5.74, 6) is 0. The van der Waals surface area contributed by atoms with Gasteiger partial charge in [-0.1, -0.05) is 0 Å². The van der Waals surface area contributed by atoms with Gasteiger partial charge in [0.25, 0.3) is 0 Å². The summed E-state index contributed by atoms with van der Waals surface area (Å²) in [5, 5.41) is 0. The maximum atomic E-state index is 8.75. The Bertz CT molecular complexity index is 57.8. The molecule has 0 aromatic carbocycles. The quantitative estimate of drug-likeness (QED) is 0.432. The SMILES string of the molecule is [K+].[Na+].[O]=[Sb]([O-])([O-])[OH]. The Morgan fingerprint density at radius 1 is 1.43 bits per heavy atom. The van der Waals surface area contributed by atoms with Crippen molar-refractivity contribution in [2.75, 3.05) is 0 Å². The van der Waals surface area contributed by atoms with Gasteiger partial charge in [-0.2, -0.15) is 0 Å². The van der Waals surface area contributed by atoms with Crippen LogP contribution >= 0.6 is 0 Å². The van der Waals surface area contributed by atoms with Crippen molar-refractivity contribution >= 4 is 20.1 Å². The van der Waals surface area contributed by atoms with Gasteiger partial charge in [-0.15, -0.1) is 0 Å². The van der Waals surface area contributed by atoms with E-state index in [9.17, 15) is 0 Å². The molecule has 32 valence electrons. The van der Waals surface area contributed by atoms with Crippen LogP contribution in [-0.2, 0) is 3.02 Å². The Kier molecular flexibility index (Phi) is 17.2. The molecule has 0 heterocycles. The molecule has 0 saturated heterocycles. The molecule has 0 aromatic rings. The van der Waals surface area contributed by atoms with E-state index in [1.807, 2.05) is 0 Å². The molecule has 0 saturated carbocycles. The molecule has 7 heavy (non-hydrogen) atoms.